The van der Waals surface area contributed by atoms with Crippen molar-refractivity contribution < 1.29 is 35.9 Å². The van der Waals surface area contributed by atoms with Gasteiger partial charge in [0.25, 0.3) is 0 Å². The van der Waals surface area contributed by atoms with Crippen molar-refractivity contribution in [2.45, 2.75) is 25.9 Å². The lowest BCUT2D eigenvalue weighted by atomic mass is 10.1. The molecule has 1 aromatic carbocycles. The van der Waals surface area contributed by atoms with Crippen molar-refractivity contribution in [3.05, 3.63) is 46.7 Å². The standard InChI is InChI=1S/C16H16F6N2O2/c1-2-13-8-24(4-3-23-13)14(25)26-9-10-5-11(15(17,18)19)7-12(6-10)16(20,21)22/h2,5-7,23H,3-4,8-9H2,1H3/b13-2-. The number of nitrogens with zero attached hydrogens (tertiary/aromatic N) is 1. The van der Waals surface area contributed by atoms with Gasteiger partial charge in [-0.25, -0.2) is 4.79 Å². The molecule has 1 aromatic rings. The number of halogens is 6. The van der Waals surface area contributed by atoms with E-state index in [4.69, 9.17) is 4.74 Å². The van der Waals surface area contributed by atoms with Gasteiger partial charge in [-0.1, -0.05) is 6.08 Å². The van der Waals surface area contributed by atoms with E-state index in [9.17, 15) is 31.1 Å². The average Bonchev–Trinajstić information content (AvgIpc) is 2.58. The number of nitrogens with one attached hydrogen (secondary N) is 1. The van der Waals surface area contributed by atoms with Crippen LogP contribution < -0.4 is 5.32 Å². The minimum Gasteiger partial charge on any atom is -0.445 e. The predicted octanol–water partition coefficient (Wildman–Crippen LogP) is 4.17. The lowest BCUT2D eigenvalue weighted by molar-refractivity contribution is -0.143. The smallest absolute Gasteiger partial charge is 0.416 e. The van der Waals surface area contributed by atoms with Gasteiger partial charge >= 0.3 is 18.4 Å². The molecule has 1 amide bonds. The molecule has 0 saturated carbocycles. The summed E-state index contributed by atoms with van der Waals surface area (Å²) in [7, 11) is 0. The second-order valence-electron chi connectivity index (χ2n) is 5.63. The SMILES string of the molecule is C/C=C1/CN(C(=O)OCc2cc(C(F)(F)F)cc(C(F)(F)F)c2)CCN1. The second kappa shape index (κ2) is 7.46. The summed E-state index contributed by atoms with van der Waals surface area (Å²) in [5.74, 6) is 0. The lowest BCUT2D eigenvalue weighted by Gasteiger charge is -2.29. The molecule has 0 aromatic heterocycles. The summed E-state index contributed by atoms with van der Waals surface area (Å²) in [4.78, 5) is 13.3. The Kier molecular flexibility index (Phi) is 5.72. The number of hydrogen-bond acceptors (Lipinski definition) is 3. The first-order valence-corrected chi connectivity index (χ1v) is 7.60. The molecule has 0 unspecified atom stereocenters. The fourth-order valence-electron chi connectivity index (χ4n) is 2.38. The molecule has 0 spiro atoms. The van der Waals surface area contributed by atoms with Crippen LogP contribution in [0.15, 0.2) is 30.0 Å². The highest BCUT2D eigenvalue weighted by molar-refractivity contribution is 5.68. The Labute approximate surface area is 145 Å². The molecule has 1 heterocycles. The van der Waals surface area contributed by atoms with Crippen molar-refractivity contribution >= 4 is 6.09 Å². The molecule has 1 saturated heterocycles. The van der Waals surface area contributed by atoms with Crippen molar-refractivity contribution in [3.8, 4) is 0 Å². The van der Waals surface area contributed by atoms with Gasteiger partial charge in [-0.05, 0) is 30.7 Å². The first kappa shape index (κ1) is 19.9. The fourth-order valence-corrected chi connectivity index (χ4v) is 2.38. The van der Waals surface area contributed by atoms with Gasteiger partial charge in [0, 0.05) is 18.8 Å². The van der Waals surface area contributed by atoms with E-state index in [1.165, 1.54) is 4.90 Å². The number of amides is 1. The average molecular weight is 382 g/mol. The number of alkyl halides is 6. The minimum atomic E-state index is -4.95. The molecular weight excluding hydrogens is 366 g/mol. The fraction of sp³-hybridized carbons (Fsp3) is 0.438. The van der Waals surface area contributed by atoms with Crippen LogP contribution in [0.4, 0.5) is 31.1 Å². The summed E-state index contributed by atoms with van der Waals surface area (Å²) >= 11 is 0. The van der Waals surface area contributed by atoms with E-state index >= 15 is 0 Å². The van der Waals surface area contributed by atoms with Gasteiger partial charge < -0.3 is 15.0 Å². The third kappa shape index (κ3) is 5.06. The lowest BCUT2D eigenvalue weighted by Crippen LogP contribution is -2.45. The zero-order valence-corrected chi connectivity index (χ0v) is 13.7. The van der Waals surface area contributed by atoms with Crippen LogP contribution in [0.1, 0.15) is 23.6 Å². The number of allylic oxidation sites excluding steroid dienone is 1. The maximum Gasteiger partial charge on any atom is 0.416 e. The molecule has 26 heavy (non-hydrogen) atoms. The van der Waals surface area contributed by atoms with Crippen molar-refractivity contribution in [1.29, 1.82) is 0 Å². The summed E-state index contributed by atoms with van der Waals surface area (Å²) in [6.45, 7) is 2.08. The summed E-state index contributed by atoms with van der Waals surface area (Å²) in [5, 5.41) is 3.04. The van der Waals surface area contributed by atoms with Crippen LogP contribution in [0.2, 0.25) is 0 Å². The van der Waals surface area contributed by atoms with Crippen molar-refractivity contribution in [2.24, 2.45) is 0 Å². The number of carbonyl (C=O) groups is 1. The van der Waals surface area contributed by atoms with Crippen LogP contribution in [0.25, 0.3) is 0 Å². The maximum atomic E-state index is 12.8. The highest BCUT2D eigenvalue weighted by Gasteiger charge is 2.37. The first-order valence-electron chi connectivity index (χ1n) is 7.60. The van der Waals surface area contributed by atoms with Gasteiger partial charge in [-0.15, -0.1) is 0 Å². The maximum absolute atomic E-state index is 12.8. The topological polar surface area (TPSA) is 41.6 Å². The molecule has 1 fully saturated rings. The number of ether oxygens (including phenoxy) is 1. The quantitative estimate of drug-likeness (QED) is 0.781. The molecule has 1 aliphatic heterocycles. The van der Waals surface area contributed by atoms with Crippen molar-refractivity contribution in [3.63, 3.8) is 0 Å². The monoisotopic (exact) mass is 382 g/mol. The van der Waals surface area contributed by atoms with Crippen LogP contribution >= 0.6 is 0 Å². The van der Waals surface area contributed by atoms with Crippen LogP contribution in [0.5, 0.6) is 0 Å². The van der Waals surface area contributed by atoms with Crippen LogP contribution in [0.3, 0.4) is 0 Å². The number of hydrogen-bond donors (Lipinski definition) is 1. The van der Waals surface area contributed by atoms with Crippen LogP contribution in [-0.4, -0.2) is 30.6 Å². The van der Waals surface area contributed by atoms with Crippen molar-refractivity contribution in [1.82, 2.24) is 10.2 Å². The van der Waals surface area contributed by atoms with Gasteiger partial charge in [0.05, 0.1) is 17.7 Å². The zero-order valence-electron chi connectivity index (χ0n) is 13.7. The third-order valence-electron chi connectivity index (χ3n) is 3.71. The van der Waals surface area contributed by atoms with Gasteiger partial charge in [0.15, 0.2) is 0 Å². The van der Waals surface area contributed by atoms with E-state index in [1.54, 1.807) is 13.0 Å². The zero-order chi connectivity index (χ0) is 19.5. The Morgan fingerprint density at radius 2 is 1.73 bits per heavy atom. The molecule has 10 heteroatoms. The Morgan fingerprint density at radius 1 is 1.15 bits per heavy atom. The molecule has 0 atom stereocenters. The normalized spacial score (nSPS) is 17.2. The molecule has 1 N–H and O–H groups in total. The van der Waals surface area contributed by atoms with Crippen LogP contribution in [0, 0.1) is 0 Å². The Hall–Kier alpha value is -2.39. The molecule has 0 radical (unpaired) electrons. The van der Waals surface area contributed by atoms with E-state index in [0.29, 0.717) is 25.2 Å². The molecule has 2 rings (SSSR count). The van der Waals surface area contributed by atoms with E-state index in [-0.39, 0.29) is 18.2 Å². The van der Waals surface area contributed by atoms with E-state index < -0.39 is 36.2 Å². The molecular formula is C16H16F6N2O2. The molecule has 1 aliphatic rings. The summed E-state index contributed by atoms with van der Waals surface area (Å²) in [6.07, 6.45) is -8.95. The molecule has 0 bridgehead atoms. The predicted molar refractivity (Wildman–Crippen MR) is 80.0 cm³/mol. The largest absolute Gasteiger partial charge is 0.445 e. The highest BCUT2D eigenvalue weighted by Crippen LogP contribution is 2.36. The number of piperazine rings is 1. The van der Waals surface area contributed by atoms with Gasteiger partial charge in [0.2, 0.25) is 0 Å². The van der Waals surface area contributed by atoms with Crippen molar-refractivity contribution in [2.75, 3.05) is 19.6 Å². The highest BCUT2D eigenvalue weighted by atomic mass is 19.4. The van der Waals surface area contributed by atoms with Crippen LogP contribution in [-0.2, 0) is 23.7 Å². The van der Waals surface area contributed by atoms with Gasteiger partial charge in [-0.2, -0.15) is 26.3 Å². The van der Waals surface area contributed by atoms with E-state index in [0.717, 1.165) is 5.70 Å². The summed E-state index contributed by atoms with van der Waals surface area (Å²) in [6, 6.07) is 1.11. The van der Waals surface area contributed by atoms with Gasteiger partial charge in [-0.3, -0.25) is 0 Å². The summed E-state index contributed by atoms with van der Waals surface area (Å²) in [5.41, 5.74) is -2.51. The Bertz CT molecular complexity index is 665. The second-order valence-corrected chi connectivity index (χ2v) is 5.63. The third-order valence-corrected chi connectivity index (χ3v) is 3.71. The number of rotatable bonds is 2. The Morgan fingerprint density at radius 3 is 2.23 bits per heavy atom. The molecule has 4 nitrogen and oxygen atoms in total. The number of benzene rings is 1. The van der Waals surface area contributed by atoms with E-state index in [1.807, 2.05) is 0 Å². The Balaban J connectivity index is 2.14. The first-order chi connectivity index (χ1) is 12.0. The molecule has 144 valence electrons. The molecule has 0 aliphatic carbocycles. The number of carbonyl (C=O) groups excluding carboxylic acids is 1. The summed E-state index contributed by atoms with van der Waals surface area (Å²) < 4.78 is 81.8. The minimum absolute atomic E-state index is 0.0277. The van der Waals surface area contributed by atoms with Gasteiger partial charge in [0.1, 0.15) is 6.61 Å². The van der Waals surface area contributed by atoms with E-state index in [2.05, 4.69) is 5.32 Å².